The van der Waals surface area contributed by atoms with Crippen LogP contribution in [0.4, 0.5) is 5.69 Å². The number of aryl methyl sites for hydroxylation is 2. The Morgan fingerprint density at radius 3 is 2.23 bits per heavy atom. The van der Waals surface area contributed by atoms with Crippen LogP contribution in [0.5, 0.6) is 11.5 Å². The molecule has 9 heteroatoms. The van der Waals surface area contributed by atoms with Crippen molar-refractivity contribution in [3.8, 4) is 17.6 Å². The maximum atomic E-state index is 12.8. The largest absolute Gasteiger partial charge is 0.490 e. The molecular formula is C26H23IN2O5S. The molecule has 3 aromatic carbocycles. The molecule has 0 spiro atoms. The average Bonchev–Trinajstić information content (AvgIpc) is 2.81. The van der Waals surface area contributed by atoms with Gasteiger partial charge in [0.05, 0.1) is 10.2 Å². The van der Waals surface area contributed by atoms with E-state index in [0.29, 0.717) is 14.8 Å². The monoisotopic (exact) mass is 602 g/mol. The van der Waals surface area contributed by atoms with Crippen molar-refractivity contribution in [2.75, 3.05) is 11.9 Å². The standard InChI is InChI=1S/C26H23IN2O5S/c1-4-33-24-15-19(13-20(16-28)26(30)29-21-9-5-17(2)6-10-21)14-23(27)25(24)34-35(31,32)22-11-7-18(3)8-12-22/h5-15H,4H2,1-3H3,(H,29,30)/b20-13-. The van der Waals surface area contributed by atoms with Crippen LogP contribution in [0.25, 0.3) is 6.08 Å². The fourth-order valence-corrected chi connectivity index (χ4v) is 4.87. The van der Waals surface area contributed by atoms with Gasteiger partial charge in [0.15, 0.2) is 11.5 Å². The number of nitriles is 1. The van der Waals surface area contributed by atoms with Crippen LogP contribution in [0.3, 0.4) is 0 Å². The van der Waals surface area contributed by atoms with E-state index >= 15 is 0 Å². The number of carbonyl (C=O) groups excluding carboxylic acids is 1. The summed E-state index contributed by atoms with van der Waals surface area (Å²) in [7, 11) is -4.10. The van der Waals surface area contributed by atoms with Gasteiger partial charge in [0.25, 0.3) is 5.91 Å². The Morgan fingerprint density at radius 2 is 1.66 bits per heavy atom. The van der Waals surface area contributed by atoms with E-state index in [-0.39, 0.29) is 28.6 Å². The smallest absolute Gasteiger partial charge is 0.339 e. The Kier molecular flexibility index (Phi) is 8.53. The number of ether oxygens (including phenoxy) is 1. The number of nitrogens with one attached hydrogen (secondary N) is 1. The molecule has 7 nitrogen and oxygen atoms in total. The molecule has 35 heavy (non-hydrogen) atoms. The second kappa shape index (κ2) is 11.4. The number of anilines is 1. The van der Waals surface area contributed by atoms with E-state index in [0.717, 1.165) is 11.1 Å². The molecular weight excluding hydrogens is 579 g/mol. The zero-order chi connectivity index (χ0) is 25.6. The molecule has 0 aliphatic rings. The van der Waals surface area contributed by atoms with Gasteiger partial charge in [0, 0.05) is 5.69 Å². The third-order valence-corrected chi connectivity index (χ3v) is 6.86. The molecule has 0 unspecified atom stereocenters. The van der Waals surface area contributed by atoms with Gasteiger partial charge in [-0.15, -0.1) is 0 Å². The topological polar surface area (TPSA) is 105 Å². The molecule has 0 aliphatic carbocycles. The van der Waals surface area contributed by atoms with E-state index < -0.39 is 16.0 Å². The summed E-state index contributed by atoms with van der Waals surface area (Å²) in [6.45, 7) is 5.80. The summed E-state index contributed by atoms with van der Waals surface area (Å²) < 4.78 is 37.2. The lowest BCUT2D eigenvalue weighted by atomic mass is 10.1. The van der Waals surface area contributed by atoms with Crippen LogP contribution in [-0.4, -0.2) is 20.9 Å². The van der Waals surface area contributed by atoms with Crippen LogP contribution in [0.15, 0.2) is 71.1 Å². The second-order valence-electron chi connectivity index (χ2n) is 7.60. The van der Waals surface area contributed by atoms with E-state index in [1.165, 1.54) is 24.3 Å². The van der Waals surface area contributed by atoms with Crippen molar-refractivity contribution in [1.82, 2.24) is 0 Å². The normalized spacial score (nSPS) is 11.5. The fourth-order valence-electron chi connectivity index (χ4n) is 3.03. The lowest BCUT2D eigenvalue weighted by Crippen LogP contribution is -2.13. The van der Waals surface area contributed by atoms with Crippen LogP contribution >= 0.6 is 22.6 Å². The molecule has 0 atom stereocenters. The lowest BCUT2D eigenvalue weighted by molar-refractivity contribution is -0.112. The van der Waals surface area contributed by atoms with Crippen molar-refractivity contribution < 1.29 is 22.1 Å². The van der Waals surface area contributed by atoms with Crippen molar-refractivity contribution in [2.24, 2.45) is 0 Å². The minimum Gasteiger partial charge on any atom is -0.490 e. The molecule has 0 saturated heterocycles. The number of nitrogens with zero attached hydrogens (tertiary/aromatic N) is 1. The van der Waals surface area contributed by atoms with Gasteiger partial charge in [-0.25, -0.2) is 0 Å². The molecule has 0 heterocycles. The summed E-state index contributed by atoms with van der Waals surface area (Å²) in [6, 6.07) is 18.6. The number of hydrogen-bond donors (Lipinski definition) is 1. The fraction of sp³-hybridized carbons (Fsp3) is 0.154. The highest BCUT2D eigenvalue weighted by Gasteiger charge is 2.22. The molecule has 180 valence electrons. The Balaban J connectivity index is 1.93. The number of amides is 1. The quantitative estimate of drug-likeness (QED) is 0.155. The van der Waals surface area contributed by atoms with Gasteiger partial charge in [0.2, 0.25) is 0 Å². The van der Waals surface area contributed by atoms with Crippen molar-refractivity contribution in [1.29, 1.82) is 5.26 Å². The number of halogens is 1. The second-order valence-corrected chi connectivity index (χ2v) is 10.3. The van der Waals surface area contributed by atoms with E-state index in [4.69, 9.17) is 8.92 Å². The molecule has 0 aromatic heterocycles. The summed E-state index contributed by atoms with van der Waals surface area (Å²) in [4.78, 5) is 12.6. The number of hydrogen-bond acceptors (Lipinski definition) is 6. The molecule has 3 aromatic rings. The van der Waals surface area contributed by atoms with Gasteiger partial charge in [-0.05, 0) is 91.4 Å². The summed E-state index contributed by atoms with van der Waals surface area (Å²) in [5.41, 5.74) is 2.89. The highest BCUT2D eigenvalue weighted by molar-refractivity contribution is 14.1. The van der Waals surface area contributed by atoms with Crippen molar-refractivity contribution in [3.05, 3.63) is 86.5 Å². The Morgan fingerprint density at radius 1 is 1.06 bits per heavy atom. The number of benzene rings is 3. The molecule has 0 bridgehead atoms. The van der Waals surface area contributed by atoms with Gasteiger partial charge in [-0.3, -0.25) is 4.79 Å². The van der Waals surface area contributed by atoms with Crippen molar-refractivity contribution in [2.45, 2.75) is 25.7 Å². The van der Waals surface area contributed by atoms with E-state index in [1.54, 1.807) is 37.3 Å². The first-order valence-corrected chi connectivity index (χ1v) is 13.1. The van der Waals surface area contributed by atoms with Crippen LogP contribution in [-0.2, 0) is 14.9 Å². The predicted molar refractivity (Wildman–Crippen MR) is 143 cm³/mol. The summed E-state index contributed by atoms with van der Waals surface area (Å²) in [5.74, 6) is -0.350. The molecule has 0 radical (unpaired) electrons. The third-order valence-electron chi connectivity index (χ3n) is 4.82. The predicted octanol–water partition coefficient (Wildman–Crippen LogP) is 5.62. The Hall–Kier alpha value is -3.36. The summed E-state index contributed by atoms with van der Waals surface area (Å²) in [6.07, 6.45) is 1.41. The van der Waals surface area contributed by atoms with Crippen LogP contribution < -0.4 is 14.2 Å². The van der Waals surface area contributed by atoms with Crippen LogP contribution in [0, 0.1) is 28.7 Å². The molecule has 0 saturated carbocycles. The molecule has 3 rings (SSSR count). The van der Waals surface area contributed by atoms with E-state index in [9.17, 15) is 18.5 Å². The first-order chi connectivity index (χ1) is 16.6. The van der Waals surface area contributed by atoms with Crippen molar-refractivity contribution in [3.63, 3.8) is 0 Å². The van der Waals surface area contributed by atoms with Gasteiger partial charge in [-0.1, -0.05) is 35.4 Å². The molecule has 1 amide bonds. The van der Waals surface area contributed by atoms with Gasteiger partial charge in [-0.2, -0.15) is 13.7 Å². The summed E-state index contributed by atoms with van der Waals surface area (Å²) in [5, 5.41) is 12.3. The zero-order valence-electron chi connectivity index (χ0n) is 19.3. The molecule has 0 fully saturated rings. The lowest BCUT2D eigenvalue weighted by Gasteiger charge is -2.15. The molecule has 1 N–H and O–H groups in total. The average molecular weight is 602 g/mol. The molecule has 0 aliphatic heterocycles. The zero-order valence-corrected chi connectivity index (χ0v) is 22.3. The minimum absolute atomic E-state index is 0.0184. The van der Waals surface area contributed by atoms with Gasteiger partial charge in [0.1, 0.15) is 16.5 Å². The van der Waals surface area contributed by atoms with Gasteiger partial charge >= 0.3 is 10.1 Å². The number of rotatable bonds is 8. The van der Waals surface area contributed by atoms with Gasteiger partial charge < -0.3 is 14.2 Å². The first-order valence-electron chi connectivity index (χ1n) is 10.6. The van der Waals surface area contributed by atoms with E-state index in [2.05, 4.69) is 5.32 Å². The maximum Gasteiger partial charge on any atom is 0.339 e. The van der Waals surface area contributed by atoms with Crippen molar-refractivity contribution >= 4 is 50.4 Å². The highest BCUT2D eigenvalue weighted by Crippen LogP contribution is 2.37. The SMILES string of the molecule is CCOc1cc(/C=C(/C#N)C(=O)Nc2ccc(C)cc2)cc(I)c1OS(=O)(=O)c1ccc(C)cc1. The third kappa shape index (κ3) is 6.83. The Labute approximate surface area is 218 Å². The van der Waals surface area contributed by atoms with Crippen LogP contribution in [0.1, 0.15) is 23.6 Å². The Bertz CT molecular complexity index is 1410. The minimum atomic E-state index is -4.10. The number of carbonyl (C=O) groups is 1. The maximum absolute atomic E-state index is 12.8. The summed E-state index contributed by atoms with van der Waals surface area (Å²) >= 11 is 1.93. The van der Waals surface area contributed by atoms with E-state index in [1.807, 2.05) is 54.6 Å². The first kappa shape index (κ1) is 26.2. The highest BCUT2D eigenvalue weighted by atomic mass is 127. The van der Waals surface area contributed by atoms with Crippen LogP contribution in [0.2, 0.25) is 0 Å².